The van der Waals surface area contributed by atoms with Crippen LogP contribution in [-0.2, 0) is 23.8 Å². The van der Waals surface area contributed by atoms with Crippen molar-refractivity contribution in [2.75, 3.05) is 14.2 Å². The molecule has 1 rings (SSSR count). The van der Waals surface area contributed by atoms with Gasteiger partial charge in [0.15, 0.2) is 0 Å². The van der Waals surface area contributed by atoms with Crippen LogP contribution in [0.1, 0.15) is 43.1 Å². The van der Waals surface area contributed by atoms with Gasteiger partial charge >= 0.3 is 17.9 Å². The smallest absolute Gasteiger partial charge is 0.338 e. The second kappa shape index (κ2) is 8.93. The van der Waals surface area contributed by atoms with E-state index in [4.69, 9.17) is 4.74 Å². The van der Waals surface area contributed by atoms with Crippen molar-refractivity contribution in [1.29, 1.82) is 0 Å². The third-order valence-electron chi connectivity index (χ3n) is 3.20. The molecule has 0 aliphatic heterocycles. The maximum absolute atomic E-state index is 12.1. The Morgan fingerprint density at radius 1 is 1.15 bits per heavy atom. The minimum Gasteiger partial charge on any atom is -0.469 e. The molecule has 1 aromatic carbocycles. The normalized spacial score (nSPS) is 11.5. The molecule has 9 nitrogen and oxygen atoms in total. The molecule has 0 unspecified atom stereocenters. The monoisotopic (exact) mass is 379 g/mol. The molecule has 0 atom stereocenters. The van der Waals surface area contributed by atoms with Gasteiger partial charge in [0.2, 0.25) is 0 Å². The van der Waals surface area contributed by atoms with Crippen molar-refractivity contribution in [3.63, 3.8) is 0 Å². The Balaban J connectivity index is 3.37. The number of rotatable bonds is 6. The third kappa shape index (κ3) is 6.53. The molecule has 0 aliphatic rings. The van der Waals surface area contributed by atoms with Gasteiger partial charge in [-0.15, -0.1) is 0 Å². The predicted molar refractivity (Wildman–Crippen MR) is 94.9 cm³/mol. The number of nitro benzene ring substituents is 1. The van der Waals surface area contributed by atoms with Gasteiger partial charge in [-0.1, -0.05) is 0 Å². The molecule has 9 heteroatoms. The van der Waals surface area contributed by atoms with Crippen molar-refractivity contribution in [2.24, 2.45) is 0 Å². The number of methoxy groups -OCH3 is 2. The van der Waals surface area contributed by atoms with E-state index in [0.717, 1.165) is 26.4 Å². The van der Waals surface area contributed by atoms with Gasteiger partial charge in [0, 0.05) is 11.6 Å². The van der Waals surface area contributed by atoms with Gasteiger partial charge in [-0.25, -0.2) is 9.59 Å². The van der Waals surface area contributed by atoms with Crippen molar-refractivity contribution in [3.05, 3.63) is 45.0 Å². The van der Waals surface area contributed by atoms with E-state index in [1.165, 1.54) is 12.1 Å². The lowest BCUT2D eigenvalue weighted by Gasteiger charge is -2.19. The Morgan fingerprint density at radius 2 is 1.78 bits per heavy atom. The van der Waals surface area contributed by atoms with E-state index < -0.39 is 40.5 Å². The van der Waals surface area contributed by atoms with Gasteiger partial charge < -0.3 is 14.2 Å². The highest BCUT2D eigenvalue weighted by Crippen LogP contribution is 2.25. The highest BCUT2D eigenvalue weighted by atomic mass is 16.6. The molecule has 0 aromatic heterocycles. The minimum atomic E-state index is -0.828. The summed E-state index contributed by atoms with van der Waals surface area (Å²) < 4.78 is 14.3. The average molecular weight is 379 g/mol. The molecule has 0 radical (unpaired) electrons. The van der Waals surface area contributed by atoms with E-state index in [0.29, 0.717) is 0 Å². The van der Waals surface area contributed by atoms with Gasteiger partial charge in [-0.2, -0.15) is 0 Å². The number of benzene rings is 1. The highest BCUT2D eigenvalue weighted by molar-refractivity contribution is 5.99. The lowest BCUT2D eigenvalue weighted by atomic mass is 10.0. The lowest BCUT2D eigenvalue weighted by molar-refractivity contribution is -0.385. The summed E-state index contributed by atoms with van der Waals surface area (Å²) in [7, 11) is 2.27. The van der Waals surface area contributed by atoms with Crippen LogP contribution in [0.5, 0.6) is 0 Å². The second-order valence-corrected chi connectivity index (χ2v) is 6.45. The Labute approximate surface area is 156 Å². The summed E-state index contributed by atoms with van der Waals surface area (Å²) in [6, 6.07) is 3.67. The van der Waals surface area contributed by atoms with Gasteiger partial charge in [0.1, 0.15) is 5.60 Å². The molecule has 146 valence electrons. The van der Waals surface area contributed by atoms with Crippen molar-refractivity contribution >= 4 is 29.7 Å². The fourth-order valence-corrected chi connectivity index (χ4v) is 2.02. The number of nitro groups is 1. The topological polar surface area (TPSA) is 122 Å². The molecule has 0 saturated carbocycles. The summed E-state index contributed by atoms with van der Waals surface area (Å²) in [4.78, 5) is 46.1. The number of nitrogens with zero attached hydrogens (tertiary/aromatic N) is 1. The van der Waals surface area contributed by atoms with E-state index in [1.807, 2.05) is 0 Å². The fourth-order valence-electron chi connectivity index (χ4n) is 2.02. The van der Waals surface area contributed by atoms with Crippen molar-refractivity contribution in [3.8, 4) is 0 Å². The maximum Gasteiger partial charge on any atom is 0.338 e. The number of carbonyl (C=O) groups excluding carboxylic acids is 3. The second-order valence-electron chi connectivity index (χ2n) is 6.45. The van der Waals surface area contributed by atoms with E-state index in [-0.39, 0.29) is 16.7 Å². The van der Waals surface area contributed by atoms with Crippen LogP contribution in [0, 0.1) is 10.1 Å². The highest BCUT2D eigenvalue weighted by Gasteiger charge is 2.23. The number of ether oxygens (including phenoxy) is 3. The Bertz CT molecular complexity index is 789. The lowest BCUT2D eigenvalue weighted by Crippen LogP contribution is -2.23. The maximum atomic E-state index is 12.1. The zero-order chi connectivity index (χ0) is 20.8. The van der Waals surface area contributed by atoms with Gasteiger partial charge in [0.05, 0.1) is 36.7 Å². The molecule has 0 N–H and O–H groups in total. The zero-order valence-electron chi connectivity index (χ0n) is 15.7. The summed E-state index contributed by atoms with van der Waals surface area (Å²) in [6.07, 6.45) is 0.730. The molecule has 0 bridgehead atoms. The average Bonchev–Trinajstić information content (AvgIpc) is 2.58. The van der Waals surface area contributed by atoms with E-state index >= 15 is 0 Å². The molecule has 1 aromatic rings. The van der Waals surface area contributed by atoms with Gasteiger partial charge in [-0.05, 0) is 39.0 Å². The number of hydrogen-bond acceptors (Lipinski definition) is 8. The quantitative estimate of drug-likeness (QED) is 0.243. The fraction of sp³-hybridized carbons (Fsp3) is 0.389. The number of carbonyl (C=O) groups is 3. The summed E-state index contributed by atoms with van der Waals surface area (Å²) in [5, 5.41) is 11.4. The first-order valence-corrected chi connectivity index (χ1v) is 7.86. The summed E-state index contributed by atoms with van der Waals surface area (Å²) in [5.74, 6) is -2.26. The summed E-state index contributed by atoms with van der Waals surface area (Å²) in [5.41, 5.74) is -1.30. The first-order chi connectivity index (χ1) is 12.5. The Hall–Kier alpha value is -3.23. The Kier molecular flexibility index (Phi) is 7.21. The molecule has 0 amide bonds. The van der Waals surface area contributed by atoms with Crippen LogP contribution >= 0.6 is 0 Å². The van der Waals surface area contributed by atoms with Crippen LogP contribution in [0.15, 0.2) is 23.8 Å². The molecule has 0 heterocycles. The molecule has 0 spiro atoms. The summed E-state index contributed by atoms with van der Waals surface area (Å²) in [6.45, 7) is 5.02. The molecule has 27 heavy (non-hydrogen) atoms. The zero-order valence-corrected chi connectivity index (χ0v) is 15.7. The van der Waals surface area contributed by atoms with Crippen LogP contribution in [-0.4, -0.2) is 42.7 Å². The van der Waals surface area contributed by atoms with E-state index in [1.54, 1.807) is 20.8 Å². The standard InChI is InChI=1S/C18H21NO8/c1-18(2,3)27-17(22)12-7-6-11(14(9-12)19(23)24)8-13(16(21)26-5)10-15(20)25-4/h6-9H,10H2,1-5H3. The van der Waals surface area contributed by atoms with Crippen LogP contribution in [0.2, 0.25) is 0 Å². The molecular formula is C18H21NO8. The number of hydrogen-bond donors (Lipinski definition) is 0. The van der Waals surface area contributed by atoms with Crippen molar-refractivity contribution in [1.82, 2.24) is 0 Å². The van der Waals surface area contributed by atoms with Crippen LogP contribution in [0.3, 0.4) is 0 Å². The molecular weight excluding hydrogens is 358 g/mol. The van der Waals surface area contributed by atoms with Crippen molar-refractivity contribution in [2.45, 2.75) is 32.8 Å². The van der Waals surface area contributed by atoms with Crippen LogP contribution < -0.4 is 0 Å². The van der Waals surface area contributed by atoms with Crippen LogP contribution in [0.4, 0.5) is 5.69 Å². The molecule has 0 saturated heterocycles. The largest absolute Gasteiger partial charge is 0.469 e. The van der Waals surface area contributed by atoms with E-state index in [9.17, 15) is 24.5 Å². The van der Waals surface area contributed by atoms with Crippen LogP contribution in [0.25, 0.3) is 6.08 Å². The first-order valence-electron chi connectivity index (χ1n) is 7.86. The minimum absolute atomic E-state index is 0.0126. The number of esters is 3. The first kappa shape index (κ1) is 21.8. The van der Waals surface area contributed by atoms with Crippen molar-refractivity contribution < 1.29 is 33.5 Å². The van der Waals surface area contributed by atoms with Gasteiger partial charge in [-0.3, -0.25) is 14.9 Å². The molecule has 0 aliphatic carbocycles. The third-order valence-corrected chi connectivity index (χ3v) is 3.20. The predicted octanol–water partition coefficient (Wildman–Crippen LogP) is 2.67. The van der Waals surface area contributed by atoms with E-state index in [2.05, 4.69) is 9.47 Å². The SMILES string of the molecule is COC(=O)CC(=Cc1ccc(C(=O)OC(C)(C)C)cc1[N+](=O)[O-])C(=O)OC. The Morgan fingerprint density at radius 3 is 2.26 bits per heavy atom. The van der Waals surface area contributed by atoms with Gasteiger partial charge in [0.25, 0.3) is 5.69 Å². The summed E-state index contributed by atoms with van der Waals surface area (Å²) >= 11 is 0. The molecule has 0 fully saturated rings.